The second-order valence-electron chi connectivity index (χ2n) is 15.2. The van der Waals surface area contributed by atoms with Crippen molar-refractivity contribution in [3.63, 3.8) is 0 Å². The van der Waals surface area contributed by atoms with E-state index >= 15 is 0 Å². The quantitative estimate of drug-likeness (QED) is 0.120. The van der Waals surface area contributed by atoms with Gasteiger partial charge < -0.3 is 36.0 Å². The third-order valence-corrected chi connectivity index (χ3v) is 11.2. The van der Waals surface area contributed by atoms with Gasteiger partial charge in [0.1, 0.15) is 45.7 Å². The molecule has 1 aromatic heterocycles. The lowest BCUT2D eigenvalue weighted by Gasteiger charge is -2.21. The molecule has 56 heavy (non-hydrogen) atoms. The summed E-state index contributed by atoms with van der Waals surface area (Å²) >= 11 is 0. The molecule has 10 heteroatoms. The molecule has 6 aromatic carbocycles. The summed E-state index contributed by atoms with van der Waals surface area (Å²) in [5.74, 6) is 3.78. The van der Waals surface area contributed by atoms with Gasteiger partial charge in [0.2, 0.25) is 0 Å². The monoisotopic (exact) mass is 788 g/mol. The van der Waals surface area contributed by atoms with Crippen molar-refractivity contribution >= 4 is 38.8 Å². The highest BCUT2D eigenvalue weighted by Crippen LogP contribution is 2.49. The molecule has 0 saturated carbocycles. The van der Waals surface area contributed by atoms with Gasteiger partial charge in [-0.2, -0.15) is 0 Å². The predicted molar refractivity (Wildman–Crippen MR) is 226 cm³/mol. The lowest BCUT2D eigenvalue weighted by Crippen LogP contribution is -2.12. The number of hydrogen-bond acceptors (Lipinski definition) is 8. The number of ether oxygens (including phenoxy) is 2. The highest BCUT2D eigenvalue weighted by molar-refractivity contribution is 7.43. The van der Waals surface area contributed by atoms with Gasteiger partial charge in [0.25, 0.3) is 0 Å². The summed E-state index contributed by atoms with van der Waals surface area (Å²) in [6.45, 7) is 12.9. The predicted octanol–water partition coefficient (Wildman–Crippen LogP) is 14.2. The molecule has 0 amide bonds. The molecule has 1 heterocycles. The highest BCUT2D eigenvalue weighted by Gasteiger charge is 2.27. The SMILES string of the molecule is COc1cc(C(C)(C)C)c2op(Oc3ccccc3-c3ccccc3OP(Oc3ccccc3)Oc3ccccc3)oc3c(C(C)(C)C)cc(OC)cc3c2c1. The normalized spacial score (nSPS) is 11.7. The van der Waals surface area contributed by atoms with Crippen LogP contribution in [0.15, 0.2) is 142 Å². The van der Waals surface area contributed by atoms with Crippen LogP contribution in [0.4, 0.5) is 0 Å². The van der Waals surface area contributed by atoms with Crippen molar-refractivity contribution in [2.75, 3.05) is 14.2 Å². The van der Waals surface area contributed by atoms with Gasteiger partial charge in [-0.25, -0.2) is 0 Å². The van der Waals surface area contributed by atoms with E-state index in [0.29, 0.717) is 45.7 Å². The van der Waals surface area contributed by atoms with E-state index in [0.717, 1.165) is 33.0 Å². The average Bonchev–Trinajstić information content (AvgIpc) is 3.33. The van der Waals surface area contributed by atoms with Crippen LogP contribution in [0.5, 0.6) is 34.5 Å². The van der Waals surface area contributed by atoms with Gasteiger partial charge in [-0.15, -0.1) is 0 Å². The molecule has 0 unspecified atom stereocenters. The molecule has 0 radical (unpaired) electrons. The van der Waals surface area contributed by atoms with Gasteiger partial charge in [-0.1, -0.05) is 114 Å². The van der Waals surface area contributed by atoms with Crippen molar-refractivity contribution in [3.8, 4) is 45.6 Å². The molecule has 7 aromatic rings. The topological polar surface area (TPSA) is 81.7 Å². The summed E-state index contributed by atoms with van der Waals surface area (Å²) in [6, 6.07) is 42.6. The first-order chi connectivity index (χ1) is 26.9. The number of rotatable bonds is 11. The molecule has 288 valence electrons. The zero-order valence-electron chi connectivity index (χ0n) is 32.9. The fourth-order valence-electron chi connectivity index (χ4n) is 6.25. The summed E-state index contributed by atoms with van der Waals surface area (Å²) < 4.78 is 51.6. The van der Waals surface area contributed by atoms with Crippen molar-refractivity contribution in [1.82, 2.24) is 0 Å². The number of methoxy groups -OCH3 is 2. The molecule has 0 atom stereocenters. The molecule has 8 nitrogen and oxygen atoms in total. The molecule has 0 aliphatic heterocycles. The minimum absolute atomic E-state index is 0.313. The molecular formula is C46H46O8P2. The van der Waals surface area contributed by atoms with E-state index in [4.69, 9.17) is 36.0 Å². The Labute approximate surface area is 330 Å². The average molecular weight is 789 g/mol. The zero-order chi connectivity index (χ0) is 39.5. The lowest BCUT2D eigenvalue weighted by atomic mass is 9.84. The smallest absolute Gasteiger partial charge is 0.497 e. The van der Waals surface area contributed by atoms with E-state index in [-0.39, 0.29) is 10.8 Å². The second kappa shape index (κ2) is 16.3. The molecule has 0 bridgehead atoms. The number of benzene rings is 6. The van der Waals surface area contributed by atoms with Crippen LogP contribution in [-0.4, -0.2) is 14.2 Å². The fourth-order valence-corrected chi connectivity index (χ4v) is 8.39. The van der Waals surface area contributed by atoms with Crippen molar-refractivity contribution < 1.29 is 36.0 Å². The van der Waals surface area contributed by atoms with Crippen LogP contribution in [-0.2, 0) is 10.8 Å². The van der Waals surface area contributed by atoms with E-state index in [2.05, 4.69) is 41.5 Å². The summed E-state index contributed by atoms with van der Waals surface area (Å²) in [6.07, 6.45) is 0. The van der Waals surface area contributed by atoms with Gasteiger partial charge in [0.15, 0.2) is 0 Å². The van der Waals surface area contributed by atoms with Crippen molar-refractivity contribution in [1.29, 1.82) is 0 Å². The van der Waals surface area contributed by atoms with Crippen LogP contribution in [0.1, 0.15) is 52.7 Å². The standard InChI is InChI=1S/C46H46O8P2/c1-45(2,3)39-29-33(47-7)27-37-38-28-34(48-8)30-40(46(4,5)6)44(38)54-56(53-43(37)39)52-42-26-18-16-24-36(42)35-23-15-17-25-41(35)51-55(49-31-19-11-9-12-20-31)50-32-21-13-10-14-22-32/h9-30H,1-8H3. The van der Waals surface area contributed by atoms with E-state index < -0.39 is 16.8 Å². The maximum atomic E-state index is 6.92. The van der Waals surface area contributed by atoms with E-state index in [9.17, 15) is 0 Å². The van der Waals surface area contributed by atoms with Crippen LogP contribution >= 0.6 is 16.8 Å². The maximum absolute atomic E-state index is 6.92. The summed E-state index contributed by atoms with van der Waals surface area (Å²) in [4.78, 5) is 0. The molecule has 0 spiro atoms. The van der Waals surface area contributed by atoms with Gasteiger partial charge in [-0.05, 0) is 71.5 Å². The maximum Gasteiger partial charge on any atom is 0.530 e. The molecule has 0 aliphatic rings. The molecule has 0 fully saturated rings. The van der Waals surface area contributed by atoms with E-state index in [1.165, 1.54) is 0 Å². The summed E-state index contributed by atoms with van der Waals surface area (Å²) in [5.41, 5.74) is 4.16. The van der Waals surface area contributed by atoms with E-state index in [1.807, 2.05) is 133 Å². The van der Waals surface area contributed by atoms with Gasteiger partial charge in [0.05, 0.1) is 14.2 Å². The number of hydrogen-bond donors (Lipinski definition) is 0. The third-order valence-electron chi connectivity index (χ3n) is 9.09. The Hall–Kier alpha value is -5.55. The molecule has 0 aliphatic carbocycles. The first-order valence-corrected chi connectivity index (χ1v) is 20.5. The minimum atomic E-state index is -2.07. The van der Waals surface area contributed by atoms with E-state index in [1.54, 1.807) is 14.2 Å². The number of para-hydroxylation sites is 4. The molecule has 0 N–H and O–H groups in total. The van der Waals surface area contributed by atoms with Crippen LogP contribution in [0.25, 0.3) is 33.1 Å². The lowest BCUT2D eigenvalue weighted by molar-refractivity contribution is 0.388. The van der Waals surface area contributed by atoms with Gasteiger partial charge in [0, 0.05) is 33.0 Å². The highest BCUT2D eigenvalue weighted by atomic mass is 31.2. The van der Waals surface area contributed by atoms with Crippen molar-refractivity contribution in [2.45, 2.75) is 52.4 Å². The Morgan fingerprint density at radius 1 is 0.464 bits per heavy atom. The van der Waals surface area contributed by atoms with Crippen LogP contribution in [0.2, 0.25) is 0 Å². The van der Waals surface area contributed by atoms with Crippen LogP contribution in [0.3, 0.4) is 0 Å². The van der Waals surface area contributed by atoms with Gasteiger partial charge >= 0.3 is 16.8 Å². The molecular weight excluding hydrogens is 742 g/mol. The van der Waals surface area contributed by atoms with Crippen LogP contribution < -0.4 is 27.6 Å². The largest absolute Gasteiger partial charge is 0.530 e. The summed E-state index contributed by atoms with van der Waals surface area (Å²) in [5, 5.41) is 1.67. The van der Waals surface area contributed by atoms with Crippen molar-refractivity contribution in [3.05, 3.63) is 145 Å². The Morgan fingerprint density at radius 3 is 1.32 bits per heavy atom. The molecule has 7 rings (SSSR count). The number of fused-ring (bicyclic) bond motifs is 3. The third kappa shape index (κ3) is 8.63. The Kier molecular flexibility index (Phi) is 11.3. The minimum Gasteiger partial charge on any atom is -0.497 e. The first-order valence-electron chi connectivity index (χ1n) is 18.3. The van der Waals surface area contributed by atoms with Gasteiger partial charge in [-0.3, -0.25) is 0 Å². The summed E-state index contributed by atoms with van der Waals surface area (Å²) in [7, 11) is -0.648. The second-order valence-corrected chi connectivity index (χ2v) is 17.2. The Bertz CT molecular complexity index is 2360. The zero-order valence-corrected chi connectivity index (χ0v) is 34.7. The Morgan fingerprint density at radius 2 is 0.875 bits per heavy atom. The van der Waals surface area contributed by atoms with Crippen LogP contribution in [0, 0.1) is 0 Å². The first kappa shape index (κ1) is 38.7. The fraction of sp³-hybridized carbons (Fsp3) is 0.217. The molecule has 0 saturated heterocycles. The van der Waals surface area contributed by atoms with Crippen molar-refractivity contribution in [2.24, 2.45) is 0 Å². The Balaban J connectivity index is 1.38.